The van der Waals surface area contributed by atoms with Crippen molar-refractivity contribution in [3.8, 4) is 0 Å². The Morgan fingerprint density at radius 3 is 2.66 bits per heavy atom. The highest BCUT2D eigenvalue weighted by Gasteiger charge is 2.31. The highest BCUT2D eigenvalue weighted by molar-refractivity contribution is 5.81. The fourth-order valence-electron chi connectivity index (χ4n) is 4.12. The number of methoxy groups -OCH3 is 1. The predicted octanol–water partition coefficient (Wildman–Crippen LogP) is 2.35. The maximum Gasteiger partial charge on any atom is 0.253 e. The molecule has 1 aromatic carbocycles. The number of hydrogen-bond donors (Lipinski definition) is 1. The maximum atomic E-state index is 13.1. The van der Waals surface area contributed by atoms with Crippen molar-refractivity contribution in [3.63, 3.8) is 0 Å². The number of ether oxygens (including phenoxy) is 1. The van der Waals surface area contributed by atoms with Crippen LogP contribution in [-0.4, -0.2) is 56.9 Å². The van der Waals surface area contributed by atoms with Crippen molar-refractivity contribution in [1.82, 2.24) is 30.1 Å². The van der Waals surface area contributed by atoms with Gasteiger partial charge in [0.15, 0.2) is 5.82 Å². The number of H-pyrrole nitrogens is 1. The number of aryl methyl sites for hydroxylation is 2. The molecule has 3 heterocycles. The minimum absolute atomic E-state index is 0.0855. The number of pyridine rings is 1. The molecule has 29 heavy (non-hydrogen) atoms. The number of hydrogen-bond acceptors (Lipinski definition) is 6. The summed E-state index contributed by atoms with van der Waals surface area (Å²) >= 11 is 0. The van der Waals surface area contributed by atoms with Crippen molar-refractivity contribution < 1.29 is 4.74 Å². The minimum Gasteiger partial charge on any atom is -0.383 e. The summed E-state index contributed by atoms with van der Waals surface area (Å²) in [6, 6.07) is 5.89. The number of aromatic nitrogens is 5. The zero-order valence-electron chi connectivity index (χ0n) is 17.3. The van der Waals surface area contributed by atoms with Gasteiger partial charge >= 0.3 is 0 Å². The molecule has 1 fully saturated rings. The predicted molar refractivity (Wildman–Crippen MR) is 111 cm³/mol. The molecule has 1 saturated heterocycles. The van der Waals surface area contributed by atoms with Crippen LogP contribution >= 0.6 is 0 Å². The van der Waals surface area contributed by atoms with Crippen molar-refractivity contribution in [3.05, 3.63) is 51.1 Å². The molecule has 0 bridgehead atoms. The van der Waals surface area contributed by atoms with Crippen LogP contribution in [0.2, 0.25) is 0 Å². The maximum absolute atomic E-state index is 13.1. The lowest BCUT2D eigenvalue weighted by atomic mass is 9.99. The van der Waals surface area contributed by atoms with Crippen LogP contribution in [0.15, 0.2) is 23.0 Å². The molecule has 0 radical (unpaired) electrons. The Labute approximate surface area is 169 Å². The van der Waals surface area contributed by atoms with E-state index in [2.05, 4.69) is 45.3 Å². The van der Waals surface area contributed by atoms with Gasteiger partial charge in [-0.2, -0.15) is 0 Å². The van der Waals surface area contributed by atoms with E-state index in [1.807, 2.05) is 12.1 Å². The summed E-state index contributed by atoms with van der Waals surface area (Å²) < 4.78 is 6.97. The van der Waals surface area contributed by atoms with Gasteiger partial charge in [-0.1, -0.05) is 6.42 Å². The molecule has 1 aliphatic rings. The van der Waals surface area contributed by atoms with E-state index in [1.54, 1.807) is 11.8 Å². The van der Waals surface area contributed by atoms with Gasteiger partial charge in [-0.25, -0.2) is 4.68 Å². The van der Waals surface area contributed by atoms with Gasteiger partial charge in [-0.05, 0) is 84.9 Å². The molecule has 2 aromatic heterocycles. The lowest BCUT2D eigenvalue weighted by Gasteiger charge is -2.33. The van der Waals surface area contributed by atoms with E-state index in [0.29, 0.717) is 24.5 Å². The van der Waals surface area contributed by atoms with Crippen molar-refractivity contribution in [2.45, 2.75) is 45.7 Å². The number of likely N-dealkylation sites (tertiary alicyclic amines) is 1. The molecule has 1 atom stereocenters. The number of aromatic amines is 1. The molecular formula is C21H28N6O2. The van der Waals surface area contributed by atoms with E-state index in [0.717, 1.165) is 42.4 Å². The fraction of sp³-hybridized carbons (Fsp3) is 0.524. The molecule has 1 N–H and O–H groups in total. The lowest BCUT2D eigenvalue weighted by Crippen LogP contribution is -2.38. The number of nitrogens with zero attached hydrogens (tertiary/aromatic N) is 5. The van der Waals surface area contributed by atoms with E-state index in [-0.39, 0.29) is 11.6 Å². The summed E-state index contributed by atoms with van der Waals surface area (Å²) in [5.74, 6) is 0.692. The third kappa shape index (κ3) is 3.95. The first-order valence-corrected chi connectivity index (χ1v) is 10.2. The van der Waals surface area contributed by atoms with Crippen LogP contribution in [0.4, 0.5) is 0 Å². The Morgan fingerprint density at radius 2 is 1.90 bits per heavy atom. The molecule has 8 heteroatoms. The zero-order chi connectivity index (χ0) is 20.4. The van der Waals surface area contributed by atoms with Crippen LogP contribution in [-0.2, 0) is 11.3 Å². The van der Waals surface area contributed by atoms with Crippen LogP contribution in [0.1, 0.15) is 47.8 Å². The van der Waals surface area contributed by atoms with Gasteiger partial charge in [0, 0.05) is 18.2 Å². The van der Waals surface area contributed by atoms with Gasteiger partial charge < -0.3 is 9.72 Å². The molecular weight excluding hydrogens is 368 g/mol. The standard InChI is InChI=1S/C21H28N6O2/c1-14-11-16-13-17(21(28)22-18(16)12-15(14)2)19(26-7-5-4-6-8-26)20-23-24-25-27(20)9-10-29-3/h11-13,19H,4-10H2,1-3H3,(H,22,28)/t19-/m0/s1. The van der Waals surface area contributed by atoms with Crippen molar-refractivity contribution in [2.75, 3.05) is 26.8 Å². The topological polar surface area (TPSA) is 88.9 Å². The van der Waals surface area contributed by atoms with E-state index in [1.165, 1.54) is 12.0 Å². The second-order valence-electron chi connectivity index (χ2n) is 7.83. The average molecular weight is 396 g/mol. The smallest absolute Gasteiger partial charge is 0.253 e. The Morgan fingerprint density at radius 1 is 1.14 bits per heavy atom. The van der Waals surface area contributed by atoms with Crippen LogP contribution in [0.3, 0.4) is 0 Å². The third-order valence-electron chi connectivity index (χ3n) is 5.85. The normalized spacial score (nSPS) is 16.4. The summed E-state index contributed by atoms with van der Waals surface area (Å²) in [7, 11) is 1.66. The van der Waals surface area contributed by atoms with Crippen LogP contribution in [0.25, 0.3) is 10.9 Å². The number of piperidine rings is 1. The highest BCUT2D eigenvalue weighted by atomic mass is 16.5. The van der Waals surface area contributed by atoms with E-state index >= 15 is 0 Å². The van der Waals surface area contributed by atoms with Gasteiger partial charge in [0.2, 0.25) is 0 Å². The van der Waals surface area contributed by atoms with E-state index in [9.17, 15) is 4.79 Å². The van der Waals surface area contributed by atoms with Crippen LogP contribution in [0.5, 0.6) is 0 Å². The summed E-state index contributed by atoms with van der Waals surface area (Å²) in [4.78, 5) is 18.6. The molecule has 0 spiro atoms. The van der Waals surface area contributed by atoms with Gasteiger partial charge in [-0.15, -0.1) is 5.10 Å². The third-order valence-corrected chi connectivity index (χ3v) is 5.85. The summed E-state index contributed by atoms with van der Waals surface area (Å²) in [5, 5.41) is 13.4. The lowest BCUT2D eigenvalue weighted by molar-refractivity contribution is 0.163. The quantitative estimate of drug-likeness (QED) is 0.688. The Kier molecular flexibility index (Phi) is 5.73. The summed E-state index contributed by atoms with van der Waals surface area (Å²) in [5.41, 5.74) is 3.83. The second kappa shape index (κ2) is 8.42. The molecule has 0 aliphatic carbocycles. The van der Waals surface area contributed by atoms with Gasteiger partial charge in [0.05, 0.1) is 13.2 Å². The largest absolute Gasteiger partial charge is 0.383 e. The van der Waals surface area contributed by atoms with Crippen molar-refractivity contribution in [2.24, 2.45) is 0 Å². The molecule has 3 aromatic rings. The first-order chi connectivity index (χ1) is 14.1. The van der Waals surface area contributed by atoms with Crippen LogP contribution in [0, 0.1) is 13.8 Å². The summed E-state index contributed by atoms with van der Waals surface area (Å²) in [6.07, 6.45) is 3.43. The SMILES string of the molecule is COCCn1nnnc1[C@H](c1cc2cc(C)c(C)cc2[nH]c1=O)N1CCCCC1. The molecule has 0 saturated carbocycles. The number of fused-ring (bicyclic) bond motifs is 1. The number of benzene rings is 1. The fourth-order valence-corrected chi connectivity index (χ4v) is 4.12. The molecule has 1 aliphatic heterocycles. The van der Waals surface area contributed by atoms with E-state index in [4.69, 9.17) is 4.74 Å². The van der Waals surface area contributed by atoms with Crippen molar-refractivity contribution >= 4 is 10.9 Å². The molecule has 8 nitrogen and oxygen atoms in total. The highest BCUT2D eigenvalue weighted by Crippen LogP contribution is 2.29. The first-order valence-electron chi connectivity index (χ1n) is 10.2. The number of rotatable bonds is 6. The monoisotopic (exact) mass is 396 g/mol. The van der Waals surface area contributed by atoms with E-state index < -0.39 is 0 Å². The Balaban J connectivity index is 1.85. The molecule has 0 amide bonds. The van der Waals surface area contributed by atoms with Gasteiger partial charge in [0.25, 0.3) is 5.56 Å². The van der Waals surface area contributed by atoms with Crippen LogP contribution < -0.4 is 5.56 Å². The average Bonchev–Trinajstić information content (AvgIpc) is 3.17. The Bertz CT molecular complexity index is 1050. The second-order valence-corrected chi connectivity index (χ2v) is 7.83. The molecule has 0 unspecified atom stereocenters. The zero-order valence-corrected chi connectivity index (χ0v) is 17.3. The van der Waals surface area contributed by atoms with Gasteiger partial charge in [-0.3, -0.25) is 9.69 Å². The summed E-state index contributed by atoms with van der Waals surface area (Å²) in [6.45, 7) is 7.05. The first kappa shape index (κ1) is 19.7. The molecule has 4 rings (SSSR count). The molecule has 154 valence electrons. The number of nitrogens with one attached hydrogen (secondary N) is 1. The minimum atomic E-state index is -0.281. The van der Waals surface area contributed by atoms with Crippen molar-refractivity contribution in [1.29, 1.82) is 0 Å². The number of tetrazole rings is 1. The van der Waals surface area contributed by atoms with Gasteiger partial charge in [0.1, 0.15) is 6.04 Å². The Hall–Kier alpha value is -2.58.